The van der Waals surface area contributed by atoms with Gasteiger partial charge in [-0.15, -0.1) is 0 Å². The molecule has 6 nitrogen and oxygen atoms in total. The first-order valence-electron chi connectivity index (χ1n) is 12.2. The third kappa shape index (κ3) is 4.51. The number of nitrogens with zero attached hydrogens (tertiary/aromatic N) is 2. The summed E-state index contributed by atoms with van der Waals surface area (Å²) in [6.45, 7) is 1.99. The molecular formula is C26H33N3O3. The Morgan fingerprint density at radius 2 is 1.78 bits per heavy atom. The first-order chi connectivity index (χ1) is 15.6. The topological polar surface area (TPSA) is 71.5 Å². The van der Waals surface area contributed by atoms with E-state index >= 15 is 0 Å². The summed E-state index contributed by atoms with van der Waals surface area (Å²) in [5.74, 6) is 0.398. The average Bonchev–Trinajstić information content (AvgIpc) is 3.25. The van der Waals surface area contributed by atoms with Crippen molar-refractivity contribution < 1.29 is 14.3 Å². The van der Waals surface area contributed by atoms with Crippen LogP contribution in [0.3, 0.4) is 0 Å². The Bertz CT molecular complexity index is 977. The minimum absolute atomic E-state index is 0.0000969. The minimum Gasteiger partial charge on any atom is -0.370 e. The van der Waals surface area contributed by atoms with E-state index in [9.17, 15) is 9.59 Å². The fraction of sp³-hybridized carbons (Fsp3) is 0.577. The van der Waals surface area contributed by atoms with Crippen molar-refractivity contribution in [2.45, 2.75) is 69.5 Å². The number of hydrogen-bond acceptors (Lipinski definition) is 4. The molecule has 1 saturated carbocycles. The van der Waals surface area contributed by atoms with Crippen LogP contribution >= 0.6 is 0 Å². The van der Waals surface area contributed by atoms with Crippen LogP contribution in [0.5, 0.6) is 0 Å². The van der Waals surface area contributed by atoms with Crippen LogP contribution < -0.4 is 5.32 Å². The Morgan fingerprint density at radius 3 is 2.56 bits per heavy atom. The largest absolute Gasteiger partial charge is 0.370 e. The van der Waals surface area contributed by atoms with Crippen molar-refractivity contribution in [3.05, 3.63) is 42.2 Å². The third-order valence-electron chi connectivity index (χ3n) is 7.63. The van der Waals surface area contributed by atoms with Crippen LogP contribution in [0, 0.1) is 5.92 Å². The van der Waals surface area contributed by atoms with Crippen molar-refractivity contribution in [3.8, 4) is 0 Å². The van der Waals surface area contributed by atoms with Gasteiger partial charge >= 0.3 is 0 Å². The molecule has 1 aromatic carbocycles. The second-order valence-electron chi connectivity index (χ2n) is 9.75. The third-order valence-corrected chi connectivity index (χ3v) is 7.63. The number of aromatic nitrogens is 1. The van der Waals surface area contributed by atoms with Crippen molar-refractivity contribution in [2.24, 2.45) is 5.92 Å². The predicted octanol–water partition coefficient (Wildman–Crippen LogP) is 4.09. The molecule has 3 fully saturated rings. The number of likely N-dealkylation sites (tertiary alicyclic amines) is 1. The van der Waals surface area contributed by atoms with Crippen molar-refractivity contribution in [2.75, 3.05) is 19.6 Å². The van der Waals surface area contributed by atoms with Gasteiger partial charge in [-0.1, -0.05) is 43.5 Å². The van der Waals surface area contributed by atoms with Crippen LogP contribution in [0.4, 0.5) is 0 Å². The number of nitrogens with one attached hydrogen (secondary N) is 1. The zero-order valence-corrected chi connectivity index (χ0v) is 18.7. The lowest BCUT2D eigenvalue weighted by atomic mass is 9.88. The quantitative estimate of drug-likeness (QED) is 0.785. The molecule has 1 N–H and O–H groups in total. The Labute approximate surface area is 189 Å². The maximum absolute atomic E-state index is 13.0. The van der Waals surface area contributed by atoms with Gasteiger partial charge in [-0.05, 0) is 50.0 Å². The van der Waals surface area contributed by atoms with Gasteiger partial charge in [0.25, 0.3) is 5.91 Å². The number of amides is 2. The lowest BCUT2D eigenvalue weighted by Crippen LogP contribution is -2.47. The van der Waals surface area contributed by atoms with Crippen molar-refractivity contribution in [1.29, 1.82) is 0 Å². The standard InChI is InChI=1S/C26H33N3O3/c30-24(19-6-2-1-3-7-19)28-18-22-10-11-26(32-22)12-14-29(15-13-26)25(31)23-16-20-8-4-5-9-21(20)17-27-23/h4-5,8-9,16-17,19,22H,1-3,6-7,10-15,18H2,(H,28,30)/t22-/m1/s1. The van der Waals surface area contributed by atoms with Gasteiger partial charge in [-0.25, -0.2) is 0 Å². The number of carbonyl (C=O) groups is 2. The number of carbonyl (C=O) groups excluding carboxylic acids is 2. The first kappa shape index (κ1) is 21.4. The summed E-state index contributed by atoms with van der Waals surface area (Å²) in [6.07, 6.45) is 11.2. The van der Waals surface area contributed by atoms with E-state index in [1.807, 2.05) is 35.2 Å². The Hall–Kier alpha value is -2.47. The fourth-order valence-electron chi connectivity index (χ4n) is 5.61. The first-order valence-corrected chi connectivity index (χ1v) is 12.2. The molecular weight excluding hydrogens is 402 g/mol. The van der Waals surface area contributed by atoms with Gasteiger partial charge in [0, 0.05) is 37.1 Å². The molecule has 2 aromatic rings. The Morgan fingerprint density at radius 1 is 1.03 bits per heavy atom. The van der Waals surface area contributed by atoms with Crippen molar-refractivity contribution in [3.63, 3.8) is 0 Å². The summed E-state index contributed by atoms with van der Waals surface area (Å²) >= 11 is 0. The Balaban J connectivity index is 1.12. The molecule has 6 heteroatoms. The molecule has 2 saturated heterocycles. The minimum atomic E-state index is -0.145. The highest BCUT2D eigenvalue weighted by atomic mass is 16.5. The molecule has 0 unspecified atom stereocenters. The van der Waals surface area contributed by atoms with Crippen LogP contribution in [-0.2, 0) is 9.53 Å². The van der Waals surface area contributed by atoms with Crippen LogP contribution in [0.15, 0.2) is 36.5 Å². The maximum atomic E-state index is 13.0. The fourth-order valence-corrected chi connectivity index (χ4v) is 5.61. The Kier molecular flexibility index (Phi) is 6.13. The van der Waals surface area contributed by atoms with Crippen molar-refractivity contribution in [1.82, 2.24) is 15.2 Å². The highest BCUT2D eigenvalue weighted by Crippen LogP contribution is 2.39. The molecule has 2 aliphatic heterocycles. The number of fused-ring (bicyclic) bond motifs is 1. The number of rotatable bonds is 4. The summed E-state index contributed by atoms with van der Waals surface area (Å²) in [6, 6.07) is 9.86. The number of piperidine rings is 1. The van der Waals surface area contributed by atoms with Gasteiger partial charge in [-0.2, -0.15) is 0 Å². The van der Waals surface area contributed by atoms with E-state index in [1.54, 1.807) is 6.20 Å². The molecule has 170 valence electrons. The molecule has 1 spiro atoms. The molecule has 1 aliphatic carbocycles. The normalized spacial score (nSPS) is 23.5. The molecule has 3 aliphatic rings. The van der Waals surface area contributed by atoms with E-state index in [0.717, 1.165) is 49.3 Å². The van der Waals surface area contributed by atoms with Gasteiger partial charge < -0.3 is 15.0 Å². The van der Waals surface area contributed by atoms with Gasteiger partial charge in [0.1, 0.15) is 5.69 Å². The highest BCUT2D eigenvalue weighted by Gasteiger charge is 2.43. The van der Waals surface area contributed by atoms with Crippen LogP contribution in [-0.4, -0.2) is 53.0 Å². The van der Waals surface area contributed by atoms with Crippen molar-refractivity contribution >= 4 is 22.6 Å². The number of benzene rings is 1. The number of hydrogen-bond donors (Lipinski definition) is 1. The average molecular weight is 436 g/mol. The summed E-state index contributed by atoms with van der Waals surface area (Å²) < 4.78 is 6.45. The van der Waals surface area contributed by atoms with E-state index < -0.39 is 0 Å². The van der Waals surface area contributed by atoms with E-state index in [-0.39, 0.29) is 29.4 Å². The van der Waals surface area contributed by atoms with E-state index in [4.69, 9.17) is 4.74 Å². The number of ether oxygens (including phenoxy) is 1. The predicted molar refractivity (Wildman–Crippen MR) is 123 cm³/mol. The van der Waals surface area contributed by atoms with E-state index in [0.29, 0.717) is 25.3 Å². The van der Waals surface area contributed by atoms with E-state index in [2.05, 4.69) is 10.3 Å². The van der Waals surface area contributed by atoms with Crippen LogP contribution in [0.1, 0.15) is 68.3 Å². The van der Waals surface area contributed by atoms with E-state index in [1.165, 1.54) is 19.3 Å². The zero-order chi connectivity index (χ0) is 22.0. The summed E-state index contributed by atoms with van der Waals surface area (Å²) in [4.78, 5) is 31.8. The lowest BCUT2D eigenvalue weighted by molar-refractivity contribution is -0.127. The molecule has 0 bridgehead atoms. The maximum Gasteiger partial charge on any atom is 0.272 e. The molecule has 5 rings (SSSR count). The molecule has 32 heavy (non-hydrogen) atoms. The summed E-state index contributed by atoms with van der Waals surface area (Å²) in [5.41, 5.74) is 0.365. The molecule has 2 amide bonds. The van der Waals surface area contributed by atoms with Crippen LogP contribution in [0.2, 0.25) is 0 Å². The summed E-state index contributed by atoms with van der Waals surface area (Å²) in [5, 5.41) is 5.23. The highest BCUT2D eigenvalue weighted by molar-refractivity contribution is 5.96. The second kappa shape index (κ2) is 9.18. The SMILES string of the molecule is O=C(NC[C@H]1CCC2(CCN(C(=O)c3cc4ccccc4cn3)CC2)O1)C1CCCCC1. The molecule has 3 heterocycles. The lowest BCUT2D eigenvalue weighted by Gasteiger charge is -2.39. The van der Waals surface area contributed by atoms with Gasteiger partial charge in [0.2, 0.25) is 5.91 Å². The summed E-state index contributed by atoms with van der Waals surface area (Å²) in [7, 11) is 0. The number of pyridine rings is 1. The monoisotopic (exact) mass is 435 g/mol. The smallest absolute Gasteiger partial charge is 0.272 e. The molecule has 1 aromatic heterocycles. The van der Waals surface area contributed by atoms with Gasteiger partial charge in [-0.3, -0.25) is 14.6 Å². The van der Waals surface area contributed by atoms with Gasteiger partial charge in [0.15, 0.2) is 0 Å². The molecule has 1 atom stereocenters. The zero-order valence-electron chi connectivity index (χ0n) is 18.7. The molecule has 0 radical (unpaired) electrons. The second-order valence-corrected chi connectivity index (χ2v) is 9.75. The van der Waals surface area contributed by atoms with Gasteiger partial charge in [0.05, 0.1) is 11.7 Å². The van der Waals surface area contributed by atoms with Crippen LogP contribution in [0.25, 0.3) is 10.8 Å².